The molecule has 0 atom stereocenters. The van der Waals surface area contributed by atoms with E-state index in [4.69, 9.17) is 28.3 Å². The third-order valence-corrected chi connectivity index (χ3v) is 3.12. The van der Waals surface area contributed by atoms with Crippen molar-refractivity contribution in [3.8, 4) is 23.8 Å². The predicted octanol–water partition coefficient (Wildman–Crippen LogP) is 4.25. The fourth-order valence-electron chi connectivity index (χ4n) is 1.85. The molecule has 0 bridgehead atoms. The lowest BCUT2D eigenvalue weighted by atomic mass is 10.1. The zero-order chi connectivity index (χ0) is 17.5. The summed E-state index contributed by atoms with van der Waals surface area (Å²) in [6, 6.07) is 8.54. The van der Waals surface area contributed by atoms with Crippen molar-refractivity contribution in [3.05, 3.63) is 57.4 Å². The first-order valence-electron chi connectivity index (χ1n) is 6.60. The number of carbonyl (C=O) groups excluding carboxylic acids is 1. The van der Waals surface area contributed by atoms with Crippen molar-refractivity contribution in [1.82, 2.24) is 0 Å². The molecule has 0 saturated heterocycles. The van der Waals surface area contributed by atoms with E-state index in [1.807, 2.05) is 0 Å². The van der Waals surface area contributed by atoms with E-state index in [1.165, 1.54) is 36.4 Å². The van der Waals surface area contributed by atoms with Gasteiger partial charge in [-0.25, -0.2) is 0 Å². The van der Waals surface area contributed by atoms with Gasteiger partial charge < -0.3 is 15.2 Å². The predicted molar refractivity (Wildman–Crippen MR) is 90.6 cm³/mol. The summed E-state index contributed by atoms with van der Waals surface area (Å²) in [6.07, 6.45) is 5.16. The largest absolute Gasteiger partial charge is 0.507 e. The van der Waals surface area contributed by atoms with Crippen LogP contribution in [0, 0.1) is 12.3 Å². The van der Waals surface area contributed by atoms with Crippen LogP contribution in [0.4, 0.5) is 11.4 Å². The zero-order valence-corrected chi connectivity index (χ0v) is 13.0. The Balaban J connectivity index is 2.33. The number of nitrogens with one attached hydrogen (secondary N) is 1. The van der Waals surface area contributed by atoms with Crippen LogP contribution in [0.1, 0.15) is 10.4 Å². The van der Waals surface area contributed by atoms with E-state index in [2.05, 4.69) is 21.3 Å². The summed E-state index contributed by atoms with van der Waals surface area (Å²) < 4.78 is 5.34. The van der Waals surface area contributed by atoms with Gasteiger partial charge in [-0.15, -0.1) is 6.42 Å². The quantitative estimate of drug-likeness (QED) is 0.367. The average molecular weight is 343 g/mol. The van der Waals surface area contributed by atoms with Gasteiger partial charge in [0.15, 0.2) is 0 Å². The molecule has 0 aliphatic heterocycles. The Morgan fingerprint density at radius 3 is 2.92 bits per heavy atom. The van der Waals surface area contributed by atoms with E-state index in [0.717, 1.165) is 0 Å². The van der Waals surface area contributed by atoms with Gasteiger partial charge in [0.1, 0.15) is 18.1 Å². The van der Waals surface area contributed by atoms with Gasteiger partial charge in [0, 0.05) is 15.6 Å². The first-order chi connectivity index (χ1) is 11.5. The molecule has 2 rings (SSSR count). The van der Waals surface area contributed by atoms with Crippen LogP contribution in [-0.4, -0.2) is 17.6 Å². The number of halogens is 1. The molecule has 24 heavy (non-hydrogen) atoms. The second-order valence-corrected chi connectivity index (χ2v) is 4.91. The number of ether oxygens (including phenoxy) is 1. The van der Waals surface area contributed by atoms with Gasteiger partial charge in [-0.3, -0.25) is 4.79 Å². The molecule has 2 N–H and O–H groups in total. The Hall–Kier alpha value is -3.33. The average Bonchev–Trinajstić information content (AvgIpc) is 2.57. The van der Waals surface area contributed by atoms with Crippen LogP contribution in [0.2, 0.25) is 5.02 Å². The van der Waals surface area contributed by atoms with Crippen LogP contribution >= 0.6 is 11.6 Å². The molecule has 120 valence electrons. The van der Waals surface area contributed by atoms with Gasteiger partial charge in [-0.2, -0.15) is 0 Å². The second-order valence-electron chi connectivity index (χ2n) is 4.48. The number of carbonyl (C=O) groups is 1. The molecule has 0 radical (unpaired) electrons. The monoisotopic (exact) mass is 342 g/mol. The van der Waals surface area contributed by atoms with Gasteiger partial charge in [0.05, 0.1) is 11.3 Å². The van der Waals surface area contributed by atoms with E-state index in [0.29, 0.717) is 16.4 Å². The molecular formula is C16H11ClN4O3. The number of benzene rings is 2. The molecule has 2 aromatic rings. The molecular weight excluding hydrogens is 332 g/mol. The zero-order valence-electron chi connectivity index (χ0n) is 12.2. The van der Waals surface area contributed by atoms with Gasteiger partial charge in [0.2, 0.25) is 0 Å². The standard InChI is InChI=1S/C16H11ClN4O3/c1-2-7-24-15-9-11(20-21-18)4-5-13(15)19-16(23)12-8-10(17)3-6-14(12)22/h1,3-6,8-9,22H,7H2,(H,19,23). The van der Waals surface area contributed by atoms with Crippen molar-refractivity contribution >= 4 is 28.9 Å². The first-order valence-corrected chi connectivity index (χ1v) is 6.98. The minimum atomic E-state index is -0.586. The van der Waals surface area contributed by atoms with Crippen molar-refractivity contribution in [1.29, 1.82) is 0 Å². The van der Waals surface area contributed by atoms with Crippen LogP contribution in [0.25, 0.3) is 10.4 Å². The molecule has 0 fully saturated rings. The highest BCUT2D eigenvalue weighted by Gasteiger charge is 2.14. The Morgan fingerprint density at radius 1 is 1.42 bits per heavy atom. The number of phenols is 1. The highest BCUT2D eigenvalue weighted by Crippen LogP contribution is 2.31. The summed E-state index contributed by atoms with van der Waals surface area (Å²) in [7, 11) is 0. The van der Waals surface area contributed by atoms with Crippen molar-refractivity contribution in [3.63, 3.8) is 0 Å². The van der Waals surface area contributed by atoms with E-state index < -0.39 is 5.91 Å². The Labute approximate surface area is 142 Å². The summed E-state index contributed by atoms with van der Waals surface area (Å²) in [5.41, 5.74) is 9.08. The Morgan fingerprint density at radius 2 is 2.21 bits per heavy atom. The molecule has 7 nitrogen and oxygen atoms in total. The van der Waals surface area contributed by atoms with Crippen molar-refractivity contribution in [2.45, 2.75) is 0 Å². The van der Waals surface area contributed by atoms with Crippen LogP contribution in [-0.2, 0) is 0 Å². The summed E-state index contributed by atoms with van der Waals surface area (Å²) in [5.74, 6) is 1.73. The van der Waals surface area contributed by atoms with Gasteiger partial charge >= 0.3 is 0 Å². The molecule has 1 amide bonds. The number of nitrogens with zero attached hydrogens (tertiary/aromatic N) is 3. The molecule has 0 spiro atoms. The number of amides is 1. The van der Waals surface area contributed by atoms with Crippen molar-refractivity contribution in [2.75, 3.05) is 11.9 Å². The highest BCUT2D eigenvalue weighted by molar-refractivity contribution is 6.31. The maximum atomic E-state index is 12.3. The molecule has 0 aliphatic carbocycles. The topological polar surface area (TPSA) is 107 Å². The van der Waals surface area contributed by atoms with Crippen molar-refractivity contribution < 1.29 is 14.6 Å². The number of hydrogen-bond donors (Lipinski definition) is 2. The Bertz CT molecular complexity index is 870. The van der Waals surface area contributed by atoms with Crippen LogP contribution < -0.4 is 10.1 Å². The molecule has 0 aliphatic rings. The summed E-state index contributed by atoms with van der Waals surface area (Å²) in [4.78, 5) is 15.0. The lowest BCUT2D eigenvalue weighted by molar-refractivity contribution is 0.102. The summed E-state index contributed by atoms with van der Waals surface area (Å²) in [6.45, 7) is -0.0367. The SMILES string of the molecule is C#CCOc1cc(N=[N+]=[N-])ccc1NC(=O)c1cc(Cl)ccc1O. The van der Waals surface area contributed by atoms with Crippen LogP contribution in [0.3, 0.4) is 0 Å². The number of phenolic OH excluding ortho intramolecular Hbond substituents is 1. The fraction of sp³-hybridized carbons (Fsp3) is 0.0625. The molecule has 0 aromatic heterocycles. The molecule has 0 unspecified atom stereocenters. The van der Waals surface area contributed by atoms with Crippen molar-refractivity contribution in [2.24, 2.45) is 5.11 Å². The molecule has 0 saturated carbocycles. The second kappa shape index (κ2) is 7.79. The van der Waals surface area contributed by atoms with Crippen LogP contribution in [0.15, 0.2) is 41.5 Å². The molecule has 0 heterocycles. The van der Waals surface area contributed by atoms with Gasteiger partial charge in [-0.05, 0) is 35.9 Å². The number of azide groups is 1. The van der Waals surface area contributed by atoms with Gasteiger partial charge in [0.25, 0.3) is 5.91 Å². The van der Waals surface area contributed by atoms with E-state index in [9.17, 15) is 9.90 Å². The normalized spacial score (nSPS) is 9.50. The summed E-state index contributed by atoms with van der Waals surface area (Å²) in [5, 5.41) is 16.1. The highest BCUT2D eigenvalue weighted by atomic mass is 35.5. The van der Waals surface area contributed by atoms with E-state index in [1.54, 1.807) is 0 Å². The van der Waals surface area contributed by atoms with Crippen LogP contribution in [0.5, 0.6) is 11.5 Å². The number of rotatable bonds is 5. The van der Waals surface area contributed by atoms with E-state index in [-0.39, 0.29) is 23.7 Å². The lowest BCUT2D eigenvalue weighted by Gasteiger charge is -2.12. The first kappa shape index (κ1) is 17.0. The molecule has 2 aromatic carbocycles. The maximum absolute atomic E-state index is 12.3. The third kappa shape index (κ3) is 4.11. The number of anilines is 1. The minimum Gasteiger partial charge on any atom is -0.507 e. The number of aromatic hydroxyl groups is 1. The Kier molecular flexibility index (Phi) is 5.53. The van der Waals surface area contributed by atoms with E-state index >= 15 is 0 Å². The lowest BCUT2D eigenvalue weighted by Crippen LogP contribution is -2.13. The maximum Gasteiger partial charge on any atom is 0.259 e. The minimum absolute atomic E-state index is 0.00419. The molecule has 8 heteroatoms. The number of terminal acetylenes is 1. The smallest absolute Gasteiger partial charge is 0.259 e. The van der Waals surface area contributed by atoms with Gasteiger partial charge in [-0.1, -0.05) is 28.7 Å². The fourth-order valence-corrected chi connectivity index (χ4v) is 2.02. The third-order valence-electron chi connectivity index (χ3n) is 2.89. The summed E-state index contributed by atoms with van der Waals surface area (Å²) >= 11 is 5.83. The number of hydrogen-bond acceptors (Lipinski definition) is 4.